The van der Waals surface area contributed by atoms with E-state index in [1.165, 1.54) is 23.1 Å². The maximum atomic E-state index is 13.7. The first-order chi connectivity index (χ1) is 8.06. The largest absolute Gasteiger partial charge is 0.480 e. The van der Waals surface area contributed by atoms with Gasteiger partial charge >= 0.3 is 5.97 Å². The van der Waals surface area contributed by atoms with Crippen molar-refractivity contribution >= 4 is 5.97 Å². The van der Waals surface area contributed by atoms with E-state index in [9.17, 15) is 9.18 Å². The molecule has 0 bridgehead atoms. The fourth-order valence-electron chi connectivity index (χ4n) is 1.58. The van der Waals surface area contributed by atoms with Crippen LogP contribution in [0.25, 0.3) is 11.1 Å². The number of halogens is 1. The summed E-state index contributed by atoms with van der Waals surface area (Å²) < 4.78 is 14.9. The topological polar surface area (TPSA) is 55.1 Å². The van der Waals surface area contributed by atoms with Crippen molar-refractivity contribution in [1.29, 1.82) is 0 Å². The van der Waals surface area contributed by atoms with Crippen molar-refractivity contribution < 1.29 is 14.3 Å². The molecule has 0 saturated carbocycles. The molecular formula is C12H11FN2O2. The predicted octanol–water partition coefficient (Wildman–Crippen LogP) is 2.08. The Morgan fingerprint density at radius 2 is 2.29 bits per heavy atom. The van der Waals surface area contributed by atoms with Gasteiger partial charge in [-0.1, -0.05) is 12.1 Å². The summed E-state index contributed by atoms with van der Waals surface area (Å²) in [6, 6.07) is 4.89. The van der Waals surface area contributed by atoms with E-state index in [0.717, 1.165) is 5.56 Å². The minimum absolute atomic E-state index is 0.229. The number of benzene rings is 1. The molecule has 0 aliphatic carbocycles. The molecule has 0 fully saturated rings. The van der Waals surface area contributed by atoms with Gasteiger partial charge in [0.15, 0.2) is 0 Å². The van der Waals surface area contributed by atoms with Gasteiger partial charge in [-0.05, 0) is 18.6 Å². The smallest absolute Gasteiger partial charge is 0.325 e. The molecule has 2 rings (SSSR count). The number of aliphatic carboxylic acids is 1. The molecule has 0 atom stereocenters. The summed E-state index contributed by atoms with van der Waals surface area (Å²) in [5.41, 5.74) is 1.83. The number of aryl methyl sites for hydroxylation is 1. The van der Waals surface area contributed by atoms with E-state index in [2.05, 4.69) is 5.10 Å². The highest BCUT2D eigenvalue weighted by Gasteiger charge is 2.08. The standard InChI is InChI=1S/C12H11FN2O2/c1-8-2-3-10(11(13)4-8)9-5-14-15(6-9)7-12(16)17/h2-6H,7H2,1H3,(H,16,17). The Morgan fingerprint density at radius 3 is 2.94 bits per heavy atom. The normalized spacial score (nSPS) is 10.5. The highest BCUT2D eigenvalue weighted by atomic mass is 19.1. The molecule has 0 aliphatic rings. The monoisotopic (exact) mass is 234 g/mol. The first kappa shape index (κ1) is 11.3. The average Bonchev–Trinajstić information content (AvgIpc) is 2.65. The second-order valence-electron chi connectivity index (χ2n) is 3.80. The van der Waals surface area contributed by atoms with E-state index in [0.29, 0.717) is 11.1 Å². The first-order valence-electron chi connectivity index (χ1n) is 5.07. The molecule has 1 heterocycles. The SMILES string of the molecule is Cc1ccc(-c2cnn(CC(=O)O)c2)c(F)c1. The maximum Gasteiger partial charge on any atom is 0.325 e. The van der Waals surface area contributed by atoms with E-state index in [4.69, 9.17) is 5.11 Å². The van der Waals surface area contributed by atoms with Crippen LogP contribution in [0.4, 0.5) is 4.39 Å². The van der Waals surface area contributed by atoms with Crippen LogP contribution >= 0.6 is 0 Å². The number of carbonyl (C=O) groups is 1. The minimum Gasteiger partial charge on any atom is -0.480 e. The van der Waals surface area contributed by atoms with Gasteiger partial charge < -0.3 is 5.11 Å². The maximum absolute atomic E-state index is 13.7. The van der Waals surface area contributed by atoms with Crippen molar-refractivity contribution in [3.63, 3.8) is 0 Å². The van der Waals surface area contributed by atoms with Gasteiger partial charge in [0.1, 0.15) is 12.4 Å². The summed E-state index contributed by atoms with van der Waals surface area (Å²) in [4.78, 5) is 10.5. The fraction of sp³-hybridized carbons (Fsp3) is 0.167. The van der Waals surface area contributed by atoms with Crippen molar-refractivity contribution in [2.75, 3.05) is 0 Å². The third kappa shape index (κ3) is 2.50. The lowest BCUT2D eigenvalue weighted by molar-refractivity contribution is -0.137. The van der Waals surface area contributed by atoms with Crippen LogP contribution < -0.4 is 0 Å². The van der Waals surface area contributed by atoms with Gasteiger partial charge in [0.05, 0.1) is 6.20 Å². The van der Waals surface area contributed by atoms with Crippen LogP contribution in [0, 0.1) is 12.7 Å². The summed E-state index contributed by atoms with van der Waals surface area (Å²) in [7, 11) is 0. The van der Waals surface area contributed by atoms with Crippen LogP contribution in [0.5, 0.6) is 0 Å². The van der Waals surface area contributed by atoms with Crippen LogP contribution in [-0.2, 0) is 11.3 Å². The van der Waals surface area contributed by atoms with E-state index in [1.54, 1.807) is 19.1 Å². The van der Waals surface area contributed by atoms with Gasteiger partial charge in [0, 0.05) is 17.3 Å². The van der Waals surface area contributed by atoms with Gasteiger partial charge in [-0.15, -0.1) is 0 Å². The third-order valence-corrected chi connectivity index (χ3v) is 2.37. The van der Waals surface area contributed by atoms with Crippen LogP contribution in [0.3, 0.4) is 0 Å². The van der Waals surface area contributed by atoms with Crippen molar-refractivity contribution in [3.05, 3.63) is 42.0 Å². The van der Waals surface area contributed by atoms with Crippen LogP contribution in [0.15, 0.2) is 30.6 Å². The fourth-order valence-corrected chi connectivity index (χ4v) is 1.58. The lowest BCUT2D eigenvalue weighted by atomic mass is 10.1. The van der Waals surface area contributed by atoms with E-state index >= 15 is 0 Å². The second-order valence-corrected chi connectivity index (χ2v) is 3.80. The van der Waals surface area contributed by atoms with Crippen molar-refractivity contribution in [3.8, 4) is 11.1 Å². The number of hydrogen-bond acceptors (Lipinski definition) is 2. The molecule has 0 unspecified atom stereocenters. The second kappa shape index (κ2) is 4.37. The van der Waals surface area contributed by atoms with Crippen LogP contribution in [0.1, 0.15) is 5.56 Å². The Labute approximate surface area is 97.3 Å². The predicted molar refractivity (Wildman–Crippen MR) is 60.0 cm³/mol. The molecule has 2 aromatic rings. The number of nitrogens with zero attached hydrogens (tertiary/aromatic N) is 2. The Bertz CT molecular complexity index is 563. The number of aromatic nitrogens is 2. The molecule has 0 radical (unpaired) electrons. The van der Waals surface area contributed by atoms with Gasteiger partial charge in [0.2, 0.25) is 0 Å². The average molecular weight is 234 g/mol. The molecule has 5 heteroatoms. The van der Waals surface area contributed by atoms with Crippen molar-refractivity contribution in [1.82, 2.24) is 9.78 Å². The van der Waals surface area contributed by atoms with Crippen LogP contribution in [0.2, 0.25) is 0 Å². The van der Waals surface area contributed by atoms with E-state index in [1.807, 2.05) is 0 Å². The zero-order chi connectivity index (χ0) is 12.4. The Kier molecular flexibility index (Phi) is 2.91. The number of rotatable bonds is 3. The number of hydrogen-bond donors (Lipinski definition) is 1. The lowest BCUT2D eigenvalue weighted by Gasteiger charge is -2.00. The lowest BCUT2D eigenvalue weighted by Crippen LogP contribution is -2.08. The van der Waals surface area contributed by atoms with Gasteiger partial charge in [-0.25, -0.2) is 4.39 Å². The quantitative estimate of drug-likeness (QED) is 0.884. The highest BCUT2D eigenvalue weighted by molar-refractivity contribution is 5.67. The Morgan fingerprint density at radius 1 is 1.53 bits per heavy atom. The zero-order valence-electron chi connectivity index (χ0n) is 9.22. The Balaban J connectivity index is 2.33. The van der Waals surface area contributed by atoms with Crippen molar-refractivity contribution in [2.45, 2.75) is 13.5 Å². The molecule has 1 N–H and O–H groups in total. The molecule has 1 aromatic carbocycles. The minimum atomic E-state index is -0.982. The summed E-state index contributed by atoms with van der Waals surface area (Å²) in [5.74, 6) is -1.32. The molecule has 0 saturated heterocycles. The van der Waals surface area contributed by atoms with E-state index < -0.39 is 5.97 Å². The molecule has 4 nitrogen and oxygen atoms in total. The van der Waals surface area contributed by atoms with Gasteiger partial charge in [-0.2, -0.15) is 5.10 Å². The molecule has 0 aliphatic heterocycles. The summed E-state index contributed by atoms with van der Waals surface area (Å²) in [6.45, 7) is 1.58. The summed E-state index contributed by atoms with van der Waals surface area (Å²) in [6.07, 6.45) is 2.97. The molecule has 1 aromatic heterocycles. The number of carboxylic acids is 1. The van der Waals surface area contributed by atoms with Gasteiger partial charge in [-0.3, -0.25) is 9.48 Å². The van der Waals surface area contributed by atoms with Gasteiger partial charge in [0.25, 0.3) is 0 Å². The summed E-state index contributed by atoms with van der Waals surface area (Å²) >= 11 is 0. The third-order valence-electron chi connectivity index (χ3n) is 2.37. The van der Waals surface area contributed by atoms with E-state index in [-0.39, 0.29) is 12.4 Å². The van der Waals surface area contributed by atoms with Crippen LogP contribution in [-0.4, -0.2) is 20.9 Å². The molecule has 17 heavy (non-hydrogen) atoms. The molecule has 0 spiro atoms. The first-order valence-corrected chi connectivity index (χ1v) is 5.07. The zero-order valence-corrected chi connectivity index (χ0v) is 9.22. The highest BCUT2D eigenvalue weighted by Crippen LogP contribution is 2.22. The molecular weight excluding hydrogens is 223 g/mol. The summed E-state index contributed by atoms with van der Waals surface area (Å²) in [5, 5.41) is 12.5. The Hall–Kier alpha value is -2.17. The molecule has 0 amide bonds. The molecule has 88 valence electrons. The van der Waals surface area contributed by atoms with Crippen molar-refractivity contribution in [2.24, 2.45) is 0 Å². The number of carboxylic acid groups (broad SMARTS) is 1.